The van der Waals surface area contributed by atoms with Gasteiger partial charge in [-0.15, -0.1) is 0 Å². The lowest BCUT2D eigenvalue weighted by Gasteiger charge is -2.16. The minimum Gasteiger partial charge on any atom is -0.372 e. The fourth-order valence-electron chi connectivity index (χ4n) is 3.82. The normalized spacial score (nSPS) is 15.7. The van der Waals surface area contributed by atoms with E-state index in [1.165, 1.54) is 34.8 Å². The van der Waals surface area contributed by atoms with Crippen LogP contribution >= 0.6 is 0 Å². The Kier molecular flexibility index (Phi) is 3.35. The zero-order chi connectivity index (χ0) is 16.8. The molecule has 0 spiro atoms. The highest BCUT2D eigenvalue weighted by atomic mass is 16.5. The van der Waals surface area contributed by atoms with Crippen molar-refractivity contribution < 1.29 is 4.74 Å². The van der Waals surface area contributed by atoms with Crippen molar-refractivity contribution in [2.24, 2.45) is 0 Å². The van der Waals surface area contributed by atoms with Gasteiger partial charge in [0.1, 0.15) is 6.10 Å². The predicted molar refractivity (Wildman–Crippen MR) is 100.0 cm³/mol. The number of rotatable bonds is 4. The maximum atomic E-state index is 5.90. The molecule has 1 fully saturated rings. The zero-order valence-electron chi connectivity index (χ0n) is 14.2. The number of methoxy groups -OCH3 is 1. The Bertz CT molecular complexity index is 1050. The lowest BCUT2D eigenvalue weighted by atomic mass is 9.99. The first-order valence-corrected chi connectivity index (χ1v) is 8.84. The molecule has 1 unspecified atom stereocenters. The molecule has 1 aliphatic carbocycles. The van der Waals surface area contributed by atoms with Crippen LogP contribution in [0.1, 0.15) is 41.7 Å². The van der Waals surface area contributed by atoms with Gasteiger partial charge in [-0.2, -0.15) is 5.10 Å². The molecule has 1 aliphatic rings. The molecule has 0 amide bonds. The van der Waals surface area contributed by atoms with Gasteiger partial charge >= 0.3 is 0 Å². The molecule has 0 aliphatic heterocycles. The summed E-state index contributed by atoms with van der Waals surface area (Å²) in [5, 5.41) is 7.27. The van der Waals surface area contributed by atoms with Crippen LogP contribution < -0.4 is 0 Å². The molecule has 0 saturated heterocycles. The Morgan fingerprint density at radius 3 is 2.56 bits per heavy atom. The van der Waals surface area contributed by atoms with Crippen LogP contribution in [0.5, 0.6) is 0 Å². The summed E-state index contributed by atoms with van der Waals surface area (Å²) >= 11 is 0. The van der Waals surface area contributed by atoms with E-state index in [0.717, 1.165) is 11.1 Å². The van der Waals surface area contributed by atoms with Crippen LogP contribution in [0.2, 0.25) is 0 Å². The lowest BCUT2D eigenvalue weighted by molar-refractivity contribution is 0.137. The predicted octanol–water partition coefficient (Wildman–Crippen LogP) is 5.10. The Balaban J connectivity index is 1.82. The fraction of sp³-hybridized carbons (Fsp3) is 0.227. The van der Waals surface area contributed by atoms with Gasteiger partial charge in [0, 0.05) is 29.7 Å². The van der Waals surface area contributed by atoms with Gasteiger partial charge in [0.25, 0.3) is 0 Å². The van der Waals surface area contributed by atoms with Gasteiger partial charge in [-0.05, 0) is 29.9 Å². The van der Waals surface area contributed by atoms with E-state index >= 15 is 0 Å². The van der Waals surface area contributed by atoms with E-state index in [9.17, 15) is 0 Å². The summed E-state index contributed by atoms with van der Waals surface area (Å²) < 4.78 is 8.04. The number of hydrogen-bond acceptors (Lipinski definition) is 2. The molecule has 3 heteroatoms. The molecule has 0 bridgehead atoms. The molecule has 5 rings (SSSR count). The van der Waals surface area contributed by atoms with Gasteiger partial charge in [-0.25, -0.2) is 4.52 Å². The van der Waals surface area contributed by atoms with E-state index in [-0.39, 0.29) is 6.10 Å². The number of benzene rings is 2. The minimum absolute atomic E-state index is 0.114. The largest absolute Gasteiger partial charge is 0.372 e. The van der Waals surface area contributed by atoms with Crippen molar-refractivity contribution in [3.8, 4) is 0 Å². The van der Waals surface area contributed by atoms with Crippen LogP contribution in [-0.2, 0) is 4.74 Å². The second-order valence-electron chi connectivity index (χ2n) is 6.82. The molecule has 4 aromatic rings. The lowest BCUT2D eigenvalue weighted by Crippen LogP contribution is -2.04. The molecule has 0 radical (unpaired) electrons. The first-order valence-electron chi connectivity index (χ1n) is 8.84. The van der Waals surface area contributed by atoms with Crippen molar-refractivity contribution in [2.45, 2.75) is 24.9 Å². The first kappa shape index (κ1) is 14.7. The molecule has 1 atom stereocenters. The third-order valence-corrected chi connectivity index (χ3v) is 5.18. The Labute approximate surface area is 146 Å². The third kappa shape index (κ3) is 2.35. The van der Waals surface area contributed by atoms with Gasteiger partial charge in [-0.3, -0.25) is 0 Å². The Hall–Kier alpha value is -2.65. The highest BCUT2D eigenvalue weighted by molar-refractivity contribution is 5.98. The average Bonchev–Trinajstić information content (AvgIpc) is 3.42. The van der Waals surface area contributed by atoms with Crippen LogP contribution in [0.3, 0.4) is 0 Å². The maximum absolute atomic E-state index is 5.90. The van der Waals surface area contributed by atoms with E-state index in [0.29, 0.717) is 5.92 Å². The monoisotopic (exact) mass is 328 g/mol. The summed E-state index contributed by atoms with van der Waals surface area (Å²) in [7, 11) is 1.77. The van der Waals surface area contributed by atoms with Crippen LogP contribution in [0.15, 0.2) is 66.9 Å². The topological polar surface area (TPSA) is 26.5 Å². The van der Waals surface area contributed by atoms with Gasteiger partial charge in [-0.1, -0.05) is 54.6 Å². The number of hydrogen-bond donors (Lipinski definition) is 0. The number of fused-ring (bicyclic) bond motifs is 3. The smallest absolute Gasteiger partial charge is 0.111 e. The summed E-state index contributed by atoms with van der Waals surface area (Å²) in [5.74, 6) is 0.637. The summed E-state index contributed by atoms with van der Waals surface area (Å²) in [4.78, 5) is 0. The second kappa shape index (κ2) is 5.71. The van der Waals surface area contributed by atoms with Crippen molar-refractivity contribution >= 4 is 16.3 Å². The highest BCUT2D eigenvalue weighted by Gasteiger charge is 2.29. The molecule has 124 valence electrons. The molecular weight excluding hydrogens is 308 g/mol. The molecule has 25 heavy (non-hydrogen) atoms. The number of aromatic nitrogens is 2. The van der Waals surface area contributed by atoms with E-state index in [4.69, 9.17) is 9.84 Å². The number of nitrogens with zero attached hydrogens (tertiary/aromatic N) is 2. The minimum atomic E-state index is -0.114. The van der Waals surface area contributed by atoms with Crippen molar-refractivity contribution in [3.63, 3.8) is 0 Å². The van der Waals surface area contributed by atoms with Crippen molar-refractivity contribution in [2.75, 3.05) is 7.11 Å². The standard InChI is InChI=1S/C22H20N2O/c1-25-22(16-7-3-2-4-8-16)19-14-23-24-20(15-11-12-15)13-17-9-5-6-10-18(17)21(19)24/h2-10,13-15,22H,11-12H2,1H3. The SMILES string of the molecule is COC(c1ccccc1)c1cnn2c(C3CC3)cc3ccccc3c12. The van der Waals surface area contributed by atoms with Crippen molar-refractivity contribution in [3.05, 3.63) is 83.7 Å². The Morgan fingerprint density at radius 2 is 1.80 bits per heavy atom. The van der Waals surface area contributed by atoms with Crippen LogP contribution in [-0.4, -0.2) is 16.7 Å². The summed E-state index contributed by atoms with van der Waals surface area (Å²) in [6.07, 6.45) is 4.38. The van der Waals surface area contributed by atoms with Crippen LogP contribution in [0.25, 0.3) is 16.3 Å². The van der Waals surface area contributed by atoms with E-state index in [1.54, 1.807) is 7.11 Å². The molecule has 2 heterocycles. The van der Waals surface area contributed by atoms with E-state index < -0.39 is 0 Å². The van der Waals surface area contributed by atoms with Crippen molar-refractivity contribution in [1.82, 2.24) is 9.61 Å². The zero-order valence-corrected chi connectivity index (χ0v) is 14.2. The summed E-state index contributed by atoms with van der Waals surface area (Å²) in [6, 6.07) is 21.3. The van der Waals surface area contributed by atoms with Gasteiger partial charge < -0.3 is 4.74 Å². The molecular formula is C22H20N2O. The van der Waals surface area contributed by atoms with Crippen LogP contribution in [0.4, 0.5) is 0 Å². The second-order valence-corrected chi connectivity index (χ2v) is 6.82. The molecule has 0 N–H and O–H groups in total. The molecule has 2 aromatic carbocycles. The Morgan fingerprint density at radius 1 is 1.04 bits per heavy atom. The van der Waals surface area contributed by atoms with E-state index in [1.807, 2.05) is 12.3 Å². The summed E-state index contributed by atoms with van der Waals surface area (Å²) in [5.41, 5.74) is 4.78. The average molecular weight is 328 g/mol. The first-order chi connectivity index (χ1) is 12.4. The molecule has 3 nitrogen and oxygen atoms in total. The van der Waals surface area contributed by atoms with Gasteiger partial charge in [0.15, 0.2) is 0 Å². The quantitative estimate of drug-likeness (QED) is 0.521. The molecule has 1 saturated carbocycles. The summed E-state index contributed by atoms with van der Waals surface area (Å²) in [6.45, 7) is 0. The van der Waals surface area contributed by atoms with E-state index in [2.05, 4.69) is 59.1 Å². The van der Waals surface area contributed by atoms with Gasteiger partial charge in [0.2, 0.25) is 0 Å². The van der Waals surface area contributed by atoms with Gasteiger partial charge in [0.05, 0.1) is 11.7 Å². The number of pyridine rings is 1. The highest BCUT2D eigenvalue weighted by Crippen LogP contribution is 2.43. The third-order valence-electron chi connectivity index (χ3n) is 5.18. The fourth-order valence-corrected chi connectivity index (χ4v) is 3.82. The molecule has 2 aromatic heterocycles. The maximum Gasteiger partial charge on any atom is 0.111 e. The van der Waals surface area contributed by atoms with Crippen LogP contribution in [0, 0.1) is 0 Å². The van der Waals surface area contributed by atoms with Crippen molar-refractivity contribution in [1.29, 1.82) is 0 Å². The number of ether oxygens (including phenoxy) is 1.